The van der Waals surface area contributed by atoms with Gasteiger partial charge in [0.05, 0.1) is 6.54 Å². The van der Waals surface area contributed by atoms with Crippen LogP contribution in [0.1, 0.15) is 13.3 Å². The number of hydrogen-bond acceptors (Lipinski definition) is 3. The van der Waals surface area contributed by atoms with Crippen LogP contribution < -0.4 is 10.8 Å². The van der Waals surface area contributed by atoms with Gasteiger partial charge in [0.15, 0.2) is 0 Å². The molecular weight excluding hydrogens is 193 g/mol. The highest BCUT2D eigenvalue weighted by Crippen LogP contribution is 2.44. The van der Waals surface area contributed by atoms with Crippen LogP contribution in [-0.2, 0) is 9.36 Å². The average molecular weight is 207 g/mol. The molecule has 13 heavy (non-hydrogen) atoms. The molecule has 2 atom stereocenters. The van der Waals surface area contributed by atoms with Crippen LogP contribution in [0.4, 0.5) is 0 Å². The van der Waals surface area contributed by atoms with Crippen molar-refractivity contribution >= 4 is 13.6 Å². The molecule has 7 heteroatoms. The van der Waals surface area contributed by atoms with Gasteiger partial charge < -0.3 is 10.6 Å². The van der Waals surface area contributed by atoms with Gasteiger partial charge >= 0.3 is 7.67 Å². The van der Waals surface area contributed by atoms with E-state index >= 15 is 0 Å². The molecule has 4 N–H and O–H groups in total. The van der Waals surface area contributed by atoms with Gasteiger partial charge in [0, 0.05) is 6.54 Å². The van der Waals surface area contributed by atoms with Crippen molar-refractivity contribution < 1.29 is 14.3 Å². The third kappa shape index (κ3) is 2.08. The van der Waals surface area contributed by atoms with Crippen LogP contribution in [0.25, 0.3) is 0 Å². The van der Waals surface area contributed by atoms with E-state index in [2.05, 4.69) is 5.09 Å². The molecule has 0 aromatic rings. The number of β-lactam (4-membered cyclic amide) rings is 1. The lowest BCUT2D eigenvalue weighted by Gasteiger charge is -2.38. The normalized spacial score (nSPS) is 26.8. The second-order valence-corrected chi connectivity index (χ2v) is 4.87. The zero-order valence-electron chi connectivity index (χ0n) is 7.43. The van der Waals surface area contributed by atoms with Crippen molar-refractivity contribution in [3.8, 4) is 0 Å². The summed E-state index contributed by atoms with van der Waals surface area (Å²) in [6.45, 7) is 2.44. The van der Waals surface area contributed by atoms with E-state index in [4.69, 9.17) is 5.73 Å². The monoisotopic (exact) mass is 207 g/mol. The first-order valence-electron chi connectivity index (χ1n) is 4.14. The van der Waals surface area contributed by atoms with E-state index < -0.39 is 19.6 Å². The van der Waals surface area contributed by atoms with E-state index in [0.717, 1.165) is 11.1 Å². The Kier molecular flexibility index (Phi) is 3.08. The van der Waals surface area contributed by atoms with Gasteiger partial charge in [0.1, 0.15) is 6.04 Å². The SMILES string of the molecule is CCCNP(=O)(O)N1C[C@H](N)C1=O. The molecule has 76 valence electrons. The van der Waals surface area contributed by atoms with E-state index in [1.165, 1.54) is 0 Å². The molecule has 0 spiro atoms. The summed E-state index contributed by atoms with van der Waals surface area (Å²) in [5, 5.41) is 2.42. The van der Waals surface area contributed by atoms with E-state index in [9.17, 15) is 14.3 Å². The number of carbonyl (C=O) groups excluding carboxylic acids is 1. The molecule has 1 rings (SSSR count). The molecule has 1 saturated heterocycles. The first kappa shape index (κ1) is 10.7. The van der Waals surface area contributed by atoms with Gasteiger partial charge in [-0.05, 0) is 6.42 Å². The first-order chi connectivity index (χ1) is 5.99. The van der Waals surface area contributed by atoms with Crippen LogP contribution >= 0.6 is 7.67 Å². The summed E-state index contributed by atoms with van der Waals surface area (Å²) in [6.07, 6.45) is 0.735. The zero-order chi connectivity index (χ0) is 10.1. The molecule has 1 amide bonds. The highest BCUT2D eigenvalue weighted by molar-refractivity contribution is 7.54. The summed E-state index contributed by atoms with van der Waals surface area (Å²) in [5.74, 6) is -0.463. The predicted molar refractivity (Wildman–Crippen MR) is 47.8 cm³/mol. The molecule has 0 aromatic heterocycles. The Bertz CT molecular complexity index is 258. The van der Waals surface area contributed by atoms with Crippen molar-refractivity contribution in [1.29, 1.82) is 0 Å². The molecule has 1 unspecified atom stereocenters. The number of rotatable bonds is 4. The van der Waals surface area contributed by atoms with Gasteiger partial charge in [0.2, 0.25) is 5.91 Å². The second kappa shape index (κ2) is 3.75. The first-order valence-corrected chi connectivity index (χ1v) is 5.75. The molecule has 0 radical (unpaired) electrons. The maximum absolute atomic E-state index is 11.4. The largest absolute Gasteiger partial charge is 0.368 e. The minimum absolute atomic E-state index is 0.156. The molecule has 0 bridgehead atoms. The quantitative estimate of drug-likeness (QED) is 0.416. The minimum atomic E-state index is -3.65. The van der Waals surface area contributed by atoms with Crippen molar-refractivity contribution in [2.24, 2.45) is 5.73 Å². The molecule has 1 aliphatic heterocycles. The Morgan fingerprint density at radius 2 is 2.46 bits per heavy atom. The van der Waals surface area contributed by atoms with Gasteiger partial charge in [-0.2, -0.15) is 0 Å². The van der Waals surface area contributed by atoms with Gasteiger partial charge in [-0.1, -0.05) is 6.92 Å². The zero-order valence-corrected chi connectivity index (χ0v) is 8.33. The van der Waals surface area contributed by atoms with Crippen molar-refractivity contribution in [1.82, 2.24) is 9.76 Å². The summed E-state index contributed by atoms with van der Waals surface area (Å²) >= 11 is 0. The van der Waals surface area contributed by atoms with Gasteiger partial charge in [0.25, 0.3) is 0 Å². The van der Waals surface area contributed by atoms with Crippen LogP contribution in [0.5, 0.6) is 0 Å². The third-order valence-electron chi connectivity index (χ3n) is 1.84. The van der Waals surface area contributed by atoms with Gasteiger partial charge in [-0.3, -0.25) is 9.46 Å². The van der Waals surface area contributed by atoms with E-state index in [1.807, 2.05) is 6.92 Å². The molecule has 6 nitrogen and oxygen atoms in total. The summed E-state index contributed by atoms with van der Waals surface area (Å²) in [6, 6.07) is -0.607. The number of nitrogens with one attached hydrogen (secondary N) is 1. The summed E-state index contributed by atoms with van der Waals surface area (Å²) in [7, 11) is -3.65. The van der Waals surface area contributed by atoms with E-state index in [-0.39, 0.29) is 6.54 Å². The Labute approximate surface area is 76.7 Å². The maximum atomic E-state index is 11.4. The summed E-state index contributed by atoms with van der Waals surface area (Å²) in [4.78, 5) is 20.3. The summed E-state index contributed by atoms with van der Waals surface area (Å²) < 4.78 is 12.3. The number of nitrogens with two attached hydrogens (primary N) is 1. The molecule has 1 heterocycles. The Morgan fingerprint density at radius 1 is 1.85 bits per heavy atom. The second-order valence-electron chi connectivity index (χ2n) is 2.98. The molecular formula is C6H14N3O3P. The smallest absolute Gasteiger partial charge is 0.318 e. The molecule has 0 aromatic carbocycles. The number of amides is 1. The van der Waals surface area contributed by atoms with Crippen molar-refractivity contribution in [2.45, 2.75) is 19.4 Å². The Hall–Kier alpha value is -0.420. The van der Waals surface area contributed by atoms with Gasteiger partial charge in [-0.25, -0.2) is 9.65 Å². The fourth-order valence-electron chi connectivity index (χ4n) is 1.02. The lowest BCUT2D eigenvalue weighted by atomic mass is 10.2. The highest BCUT2D eigenvalue weighted by atomic mass is 31.2. The predicted octanol–water partition coefficient (Wildman–Crippen LogP) is -0.744. The number of carbonyl (C=O) groups is 1. The van der Waals surface area contributed by atoms with Crippen LogP contribution in [0.2, 0.25) is 0 Å². The molecule has 0 saturated carbocycles. The van der Waals surface area contributed by atoms with Crippen LogP contribution in [-0.4, -0.2) is 34.6 Å². The number of hydrogen-bond donors (Lipinski definition) is 3. The topological polar surface area (TPSA) is 95.7 Å². The van der Waals surface area contributed by atoms with Crippen LogP contribution in [0, 0.1) is 0 Å². The molecule has 0 aliphatic carbocycles. The fourth-order valence-corrected chi connectivity index (χ4v) is 2.52. The van der Waals surface area contributed by atoms with Crippen LogP contribution in [0.3, 0.4) is 0 Å². The highest BCUT2D eigenvalue weighted by Gasteiger charge is 2.44. The van der Waals surface area contributed by atoms with Crippen molar-refractivity contribution in [3.63, 3.8) is 0 Å². The number of nitrogens with zero attached hydrogens (tertiary/aromatic N) is 1. The molecule has 1 aliphatic rings. The average Bonchev–Trinajstić information content (AvgIpc) is 2.10. The summed E-state index contributed by atoms with van der Waals surface area (Å²) in [5.41, 5.74) is 5.29. The third-order valence-corrected chi connectivity index (χ3v) is 3.49. The lowest BCUT2D eigenvalue weighted by Crippen LogP contribution is -2.60. The minimum Gasteiger partial charge on any atom is -0.318 e. The van der Waals surface area contributed by atoms with E-state index in [1.54, 1.807) is 0 Å². The Morgan fingerprint density at radius 3 is 2.85 bits per heavy atom. The standard InChI is InChI=1S/C6H14N3O3P/c1-2-3-8-13(11,12)9-4-5(7)6(9)10/h5H,2-4,7H2,1H3,(H2,8,11,12)/t5-/m0/s1. The maximum Gasteiger partial charge on any atom is 0.368 e. The molecule has 1 fully saturated rings. The van der Waals surface area contributed by atoms with Crippen molar-refractivity contribution in [2.75, 3.05) is 13.1 Å². The fraction of sp³-hybridized carbons (Fsp3) is 0.833. The van der Waals surface area contributed by atoms with E-state index in [0.29, 0.717) is 6.54 Å². The van der Waals surface area contributed by atoms with Gasteiger partial charge in [-0.15, -0.1) is 0 Å². The van der Waals surface area contributed by atoms with Crippen molar-refractivity contribution in [3.05, 3.63) is 0 Å². The Balaban J connectivity index is 2.51. The van der Waals surface area contributed by atoms with Crippen LogP contribution in [0.15, 0.2) is 0 Å². The lowest BCUT2D eigenvalue weighted by molar-refractivity contribution is -0.136.